The molecule has 2 rings (SSSR count). The summed E-state index contributed by atoms with van der Waals surface area (Å²) in [6.07, 6.45) is 1.96. The second kappa shape index (κ2) is 6.03. The molecular formula is C14H15NO3. The summed E-state index contributed by atoms with van der Waals surface area (Å²) in [5.74, 6) is 1.82. The van der Waals surface area contributed by atoms with Crippen LogP contribution in [0.5, 0.6) is 0 Å². The Hall–Kier alpha value is -2.06. The van der Waals surface area contributed by atoms with Crippen LogP contribution in [-0.4, -0.2) is 23.5 Å². The van der Waals surface area contributed by atoms with E-state index in [0.29, 0.717) is 18.7 Å². The number of carbonyl (C=O) groups excluding carboxylic acids is 2. The summed E-state index contributed by atoms with van der Waals surface area (Å²) in [4.78, 5) is 24.0. The maximum atomic E-state index is 11.8. The van der Waals surface area contributed by atoms with Gasteiger partial charge in [0.1, 0.15) is 18.2 Å². The Morgan fingerprint density at radius 2 is 2.06 bits per heavy atom. The standard InChI is InChI=1S/C14H15NO3/c16-10-13-8-4-5-9-15(13)14(17)18-11-12-6-2-1-3-7-12/h1-3,6-7H,4-5,8-9,11H2. The zero-order valence-electron chi connectivity index (χ0n) is 10.1. The fraction of sp³-hybridized carbons (Fsp3) is 0.357. The van der Waals surface area contributed by atoms with Crippen molar-refractivity contribution in [1.82, 2.24) is 4.90 Å². The van der Waals surface area contributed by atoms with E-state index in [4.69, 9.17) is 4.74 Å². The summed E-state index contributed by atoms with van der Waals surface area (Å²) < 4.78 is 5.19. The normalized spacial score (nSPS) is 15.1. The quantitative estimate of drug-likeness (QED) is 0.752. The number of nitrogens with zero attached hydrogens (tertiary/aromatic N) is 1. The van der Waals surface area contributed by atoms with Crippen LogP contribution in [0.2, 0.25) is 0 Å². The van der Waals surface area contributed by atoms with E-state index in [2.05, 4.69) is 0 Å². The van der Waals surface area contributed by atoms with Crippen molar-refractivity contribution in [2.75, 3.05) is 6.54 Å². The fourth-order valence-corrected chi connectivity index (χ4v) is 1.94. The Kier molecular flexibility index (Phi) is 4.15. The molecule has 1 saturated heterocycles. The number of hydrogen-bond donors (Lipinski definition) is 0. The van der Waals surface area contributed by atoms with Crippen molar-refractivity contribution in [3.05, 3.63) is 41.6 Å². The zero-order chi connectivity index (χ0) is 12.8. The van der Waals surface area contributed by atoms with Gasteiger partial charge < -0.3 is 4.74 Å². The molecule has 0 unspecified atom stereocenters. The van der Waals surface area contributed by atoms with Crippen LogP contribution in [-0.2, 0) is 16.1 Å². The van der Waals surface area contributed by atoms with Gasteiger partial charge in [0.05, 0.1) is 0 Å². The van der Waals surface area contributed by atoms with E-state index in [-0.39, 0.29) is 6.61 Å². The first-order chi connectivity index (χ1) is 8.81. The van der Waals surface area contributed by atoms with Crippen LogP contribution in [0.3, 0.4) is 0 Å². The monoisotopic (exact) mass is 245 g/mol. The van der Waals surface area contributed by atoms with Gasteiger partial charge in [-0.3, -0.25) is 4.90 Å². The minimum absolute atomic E-state index is 0.225. The highest BCUT2D eigenvalue weighted by Gasteiger charge is 2.23. The summed E-state index contributed by atoms with van der Waals surface area (Å²) in [6.45, 7) is 0.764. The molecule has 0 spiro atoms. The van der Waals surface area contributed by atoms with Gasteiger partial charge in [-0.1, -0.05) is 30.3 Å². The average Bonchev–Trinajstić information content (AvgIpc) is 2.45. The molecule has 4 nitrogen and oxygen atoms in total. The molecule has 0 saturated carbocycles. The topological polar surface area (TPSA) is 46.6 Å². The largest absolute Gasteiger partial charge is 0.444 e. The van der Waals surface area contributed by atoms with E-state index in [1.165, 1.54) is 4.90 Å². The van der Waals surface area contributed by atoms with Crippen molar-refractivity contribution in [2.24, 2.45) is 0 Å². The molecule has 0 aliphatic carbocycles. The third kappa shape index (κ3) is 2.99. The third-order valence-corrected chi connectivity index (χ3v) is 2.91. The zero-order valence-corrected chi connectivity index (χ0v) is 10.1. The first-order valence-corrected chi connectivity index (χ1v) is 6.03. The molecule has 1 amide bonds. The number of likely N-dealkylation sites (tertiary alicyclic amines) is 1. The predicted molar refractivity (Wildman–Crippen MR) is 66.4 cm³/mol. The van der Waals surface area contributed by atoms with Crippen LogP contribution in [0.15, 0.2) is 36.0 Å². The molecular weight excluding hydrogens is 230 g/mol. The Bertz CT molecular complexity index is 463. The second-order valence-corrected chi connectivity index (χ2v) is 4.20. The summed E-state index contributed by atoms with van der Waals surface area (Å²) in [5.41, 5.74) is 1.33. The lowest BCUT2D eigenvalue weighted by molar-refractivity contribution is 0.102. The number of benzene rings is 1. The van der Waals surface area contributed by atoms with Crippen molar-refractivity contribution < 1.29 is 14.3 Å². The van der Waals surface area contributed by atoms with Gasteiger partial charge in [0.25, 0.3) is 0 Å². The lowest BCUT2D eigenvalue weighted by atomic mass is 10.1. The first-order valence-electron chi connectivity index (χ1n) is 6.03. The van der Waals surface area contributed by atoms with Gasteiger partial charge in [-0.05, 0) is 24.8 Å². The highest BCUT2D eigenvalue weighted by atomic mass is 16.6. The number of ether oxygens (including phenoxy) is 1. The molecule has 0 aromatic heterocycles. The maximum Gasteiger partial charge on any atom is 0.414 e. The summed E-state index contributed by atoms with van der Waals surface area (Å²) in [7, 11) is 0. The van der Waals surface area contributed by atoms with Gasteiger partial charge in [-0.15, -0.1) is 0 Å². The van der Waals surface area contributed by atoms with Gasteiger partial charge in [-0.2, -0.15) is 0 Å². The van der Waals surface area contributed by atoms with Crippen LogP contribution in [0.25, 0.3) is 0 Å². The predicted octanol–water partition coefficient (Wildman–Crippen LogP) is 2.52. The number of amides is 1. The van der Waals surface area contributed by atoms with Gasteiger partial charge >= 0.3 is 6.09 Å². The Morgan fingerprint density at radius 3 is 2.78 bits per heavy atom. The van der Waals surface area contributed by atoms with Crippen molar-refractivity contribution in [2.45, 2.75) is 25.9 Å². The highest BCUT2D eigenvalue weighted by Crippen LogP contribution is 2.19. The van der Waals surface area contributed by atoms with E-state index in [1.54, 1.807) is 0 Å². The van der Waals surface area contributed by atoms with Crippen LogP contribution in [0.1, 0.15) is 24.8 Å². The molecule has 1 aromatic rings. The number of piperidine rings is 1. The molecule has 18 heavy (non-hydrogen) atoms. The molecule has 1 heterocycles. The van der Waals surface area contributed by atoms with Crippen molar-refractivity contribution in [1.29, 1.82) is 0 Å². The number of carbonyl (C=O) groups is 1. The second-order valence-electron chi connectivity index (χ2n) is 4.20. The van der Waals surface area contributed by atoms with E-state index in [0.717, 1.165) is 18.4 Å². The molecule has 0 radical (unpaired) electrons. The van der Waals surface area contributed by atoms with Gasteiger partial charge in [0.2, 0.25) is 0 Å². The van der Waals surface area contributed by atoms with Crippen molar-refractivity contribution in [3.63, 3.8) is 0 Å². The minimum Gasteiger partial charge on any atom is -0.444 e. The number of rotatable bonds is 2. The molecule has 0 N–H and O–H groups in total. The van der Waals surface area contributed by atoms with Crippen LogP contribution in [0, 0.1) is 0 Å². The van der Waals surface area contributed by atoms with Crippen LogP contribution < -0.4 is 0 Å². The smallest absolute Gasteiger partial charge is 0.414 e. The SMILES string of the molecule is O=C=C1CCCCN1C(=O)OCc1ccccc1. The molecule has 94 valence electrons. The summed E-state index contributed by atoms with van der Waals surface area (Å²) in [6, 6.07) is 9.46. The Labute approximate surface area is 106 Å². The highest BCUT2D eigenvalue weighted by molar-refractivity contribution is 5.73. The first kappa shape index (κ1) is 12.4. The number of hydrogen-bond acceptors (Lipinski definition) is 3. The minimum atomic E-state index is -0.461. The lowest BCUT2D eigenvalue weighted by Gasteiger charge is -2.26. The molecule has 1 fully saturated rings. The molecule has 1 aliphatic rings. The summed E-state index contributed by atoms with van der Waals surface area (Å²) in [5, 5.41) is 0. The molecule has 1 aliphatic heterocycles. The molecule has 0 atom stereocenters. The van der Waals surface area contributed by atoms with Gasteiger partial charge in [-0.25, -0.2) is 9.59 Å². The molecule has 1 aromatic carbocycles. The molecule has 4 heteroatoms. The number of allylic oxidation sites excluding steroid dienone is 1. The van der Waals surface area contributed by atoms with Gasteiger partial charge in [0.15, 0.2) is 0 Å². The Balaban J connectivity index is 1.93. The van der Waals surface area contributed by atoms with Crippen molar-refractivity contribution in [3.8, 4) is 0 Å². The van der Waals surface area contributed by atoms with E-state index in [9.17, 15) is 9.59 Å². The maximum absolute atomic E-state index is 11.8. The fourth-order valence-electron chi connectivity index (χ4n) is 1.94. The van der Waals surface area contributed by atoms with E-state index in [1.807, 2.05) is 36.3 Å². The van der Waals surface area contributed by atoms with Gasteiger partial charge in [0, 0.05) is 6.54 Å². The van der Waals surface area contributed by atoms with Crippen molar-refractivity contribution >= 4 is 12.0 Å². The van der Waals surface area contributed by atoms with Crippen LogP contribution in [0.4, 0.5) is 4.79 Å². The van der Waals surface area contributed by atoms with E-state index >= 15 is 0 Å². The van der Waals surface area contributed by atoms with Crippen LogP contribution >= 0.6 is 0 Å². The molecule has 0 bridgehead atoms. The summed E-state index contributed by atoms with van der Waals surface area (Å²) >= 11 is 0. The lowest BCUT2D eigenvalue weighted by Crippen LogP contribution is -2.34. The third-order valence-electron chi connectivity index (χ3n) is 2.91. The van der Waals surface area contributed by atoms with E-state index < -0.39 is 6.09 Å². The Morgan fingerprint density at radius 1 is 1.28 bits per heavy atom. The average molecular weight is 245 g/mol.